The van der Waals surface area contributed by atoms with Gasteiger partial charge >= 0.3 is 99.8 Å². The molecule has 0 aliphatic heterocycles. The Labute approximate surface area is 116 Å². The van der Waals surface area contributed by atoms with Crippen LogP contribution in [0.1, 0.15) is 0 Å². The third kappa shape index (κ3) is 2.77. The maximum atomic E-state index is 2.36. The minimum atomic E-state index is -0.345. The van der Waals surface area contributed by atoms with E-state index < -0.39 is 0 Å². The molecule has 0 fully saturated rings. The summed E-state index contributed by atoms with van der Waals surface area (Å²) < 4.78 is 1.50. The zero-order chi connectivity index (χ0) is 10.1. The molecule has 0 heterocycles. The Bertz CT molecular complexity index is 463. The molecule has 0 N–H and O–H groups in total. The van der Waals surface area contributed by atoms with Crippen molar-refractivity contribution in [3.8, 4) is 0 Å². The standard InChI is InChI=1S/C12H12P.Cu.Sn/c1-13(2)12-9-5-7-10-6-3-4-8-11(10)12;;/h3-7,9H,1-2H3;;/p+1. The minimum absolute atomic E-state index is 0. The Morgan fingerprint density at radius 2 is 1.60 bits per heavy atom. The first-order valence-corrected chi connectivity index (χ1v) is 8.67. The second kappa shape index (κ2) is 5.68. The number of benzene rings is 2. The van der Waals surface area contributed by atoms with Gasteiger partial charge in [-0.15, -0.1) is 0 Å². The molecule has 0 saturated carbocycles. The third-order valence-corrected chi connectivity index (χ3v) is 5.13. The fourth-order valence-corrected chi connectivity index (χ4v) is 4.39. The average Bonchev–Trinajstić information content (AvgIpc) is 2.17. The van der Waals surface area contributed by atoms with Crippen LogP contribution in [0.3, 0.4) is 0 Å². The number of hydrogen-bond acceptors (Lipinski definition) is 0. The van der Waals surface area contributed by atoms with Crippen LogP contribution >= 0.6 is 7.92 Å². The van der Waals surface area contributed by atoms with Gasteiger partial charge < -0.3 is 0 Å². The summed E-state index contributed by atoms with van der Waals surface area (Å²) in [6, 6.07) is 13.3. The van der Waals surface area contributed by atoms with Crippen LogP contribution in [0.25, 0.3) is 10.8 Å². The van der Waals surface area contributed by atoms with E-state index in [0.717, 1.165) is 0 Å². The van der Waals surface area contributed by atoms with E-state index in [1.54, 1.807) is 5.30 Å². The van der Waals surface area contributed by atoms with Crippen molar-refractivity contribution in [1.82, 2.24) is 0 Å². The summed E-state index contributed by atoms with van der Waals surface area (Å²) in [6.07, 6.45) is 0. The summed E-state index contributed by atoms with van der Waals surface area (Å²) in [6.45, 7) is 4.73. The van der Waals surface area contributed by atoms with Crippen molar-refractivity contribution in [2.45, 2.75) is 0 Å². The first-order valence-electron chi connectivity index (χ1n) is 4.74. The summed E-state index contributed by atoms with van der Waals surface area (Å²) in [4.78, 5) is 0. The maximum absolute atomic E-state index is 2.36. The van der Waals surface area contributed by atoms with Crippen LogP contribution in [0, 0.1) is 0 Å². The van der Waals surface area contributed by atoms with Gasteiger partial charge in [-0.1, -0.05) is 0 Å². The van der Waals surface area contributed by atoms with Gasteiger partial charge in [0.25, 0.3) is 0 Å². The van der Waals surface area contributed by atoms with Gasteiger partial charge in [0, 0.05) is 17.1 Å². The van der Waals surface area contributed by atoms with E-state index >= 15 is 0 Å². The van der Waals surface area contributed by atoms with Gasteiger partial charge in [-0.2, -0.15) is 0 Å². The topological polar surface area (TPSA) is 0 Å². The SMILES string of the molecule is C[PH+](C)c1cccc2ccc[c]([Sn])c12.[Cu]. The van der Waals surface area contributed by atoms with Gasteiger partial charge in [0.15, 0.2) is 0 Å². The smallest absolute Gasteiger partial charge is 0 e. The molecule has 2 rings (SSSR count). The normalized spacial score (nSPS) is 10.4. The van der Waals surface area contributed by atoms with Gasteiger partial charge in [0.2, 0.25) is 0 Å². The van der Waals surface area contributed by atoms with Crippen LogP contribution in [0.15, 0.2) is 36.4 Å². The molecule has 0 aliphatic rings. The first kappa shape index (κ1) is 13.5. The largest absolute Gasteiger partial charge is 0 e. The molecular formula is C12H13CuPSn+. The van der Waals surface area contributed by atoms with Crippen molar-refractivity contribution in [2.24, 2.45) is 0 Å². The molecule has 15 heavy (non-hydrogen) atoms. The van der Waals surface area contributed by atoms with Crippen LogP contribution in [0.5, 0.6) is 0 Å². The van der Waals surface area contributed by atoms with Gasteiger partial charge in [-0.3, -0.25) is 0 Å². The fourth-order valence-electron chi connectivity index (χ4n) is 1.76. The third-order valence-electron chi connectivity index (χ3n) is 2.44. The molecule has 3 heteroatoms. The van der Waals surface area contributed by atoms with Gasteiger partial charge in [-0.05, 0) is 0 Å². The molecule has 2 aromatic carbocycles. The molecule has 0 amide bonds. The number of fused-ring (bicyclic) bond motifs is 1. The zero-order valence-electron chi connectivity index (χ0n) is 8.77. The second-order valence-electron chi connectivity index (χ2n) is 3.71. The van der Waals surface area contributed by atoms with Crippen LogP contribution in [-0.2, 0) is 17.1 Å². The monoisotopic (exact) mass is 371 g/mol. The molecule has 0 saturated heterocycles. The predicted molar refractivity (Wildman–Crippen MR) is 69.1 cm³/mol. The quantitative estimate of drug-likeness (QED) is 0.530. The Hall–Kier alpha value is 0.448. The van der Waals surface area contributed by atoms with E-state index in [-0.39, 0.29) is 25.0 Å². The molecule has 0 unspecified atom stereocenters. The molecular weight excluding hydrogens is 357 g/mol. The number of rotatable bonds is 1. The van der Waals surface area contributed by atoms with E-state index in [4.69, 9.17) is 0 Å². The summed E-state index contributed by atoms with van der Waals surface area (Å²) in [5, 5.41) is 4.51. The van der Waals surface area contributed by atoms with Crippen molar-refractivity contribution < 1.29 is 17.1 Å². The van der Waals surface area contributed by atoms with Gasteiger partial charge in [-0.25, -0.2) is 0 Å². The van der Waals surface area contributed by atoms with Crippen molar-refractivity contribution in [2.75, 3.05) is 13.3 Å². The fraction of sp³-hybridized carbons (Fsp3) is 0.167. The molecule has 2 aromatic rings. The van der Waals surface area contributed by atoms with Crippen molar-refractivity contribution in [1.29, 1.82) is 0 Å². The first-order chi connectivity index (χ1) is 6.70. The Morgan fingerprint density at radius 3 is 2.20 bits per heavy atom. The molecule has 0 nitrogen and oxygen atoms in total. The summed E-state index contributed by atoms with van der Waals surface area (Å²) in [5.41, 5.74) is 0. The van der Waals surface area contributed by atoms with Crippen LogP contribution in [0.2, 0.25) is 0 Å². The van der Waals surface area contributed by atoms with E-state index in [0.29, 0.717) is 0 Å². The Morgan fingerprint density at radius 1 is 1.00 bits per heavy atom. The van der Waals surface area contributed by atoms with Crippen LogP contribution < -0.4 is 8.88 Å². The minimum Gasteiger partial charge on any atom is 0 e. The van der Waals surface area contributed by atoms with E-state index in [9.17, 15) is 0 Å². The van der Waals surface area contributed by atoms with Gasteiger partial charge in [0.1, 0.15) is 0 Å². The van der Waals surface area contributed by atoms with Crippen molar-refractivity contribution in [3.05, 3.63) is 36.4 Å². The van der Waals surface area contributed by atoms with E-state index in [2.05, 4.69) is 49.7 Å². The molecule has 80 valence electrons. The molecule has 0 aromatic heterocycles. The maximum Gasteiger partial charge on any atom is 0 e. The molecule has 0 atom stereocenters. The molecule has 0 bridgehead atoms. The van der Waals surface area contributed by atoms with E-state index in [1.165, 1.54) is 36.9 Å². The van der Waals surface area contributed by atoms with Crippen molar-refractivity contribution in [3.63, 3.8) is 0 Å². The Kier molecular flexibility index (Phi) is 5.12. The van der Waals surface area contributed by atoms with Crippen LogP contribution in [-0.4, -0.2) is 35.9 Å². The zero-order valence-corrected chi connectivity index (χ0v) is 13.6. The summed E-state index contributed by atoms with van der Waals surface area (Å²) in [7, 11) is -0.345. The van der Waals surface area contributed by atoms with Crippen molar-refractivity contribution >= 4 is 50.1 Å². The summed E-state index contributed by atoms with van der Waals surface area (Å²) in [5.74, 6) is 0. The summed E-state index contributed by atoms with van der Waals surface area (Å²) >= 11 is 1.52. The number of hydrogen-bond donors (Lipinski definition) is 0. The molecule has 0 spiro atoms. The molecule has 0 aliphatic carbocycles. The predicted octanol–water partition coefficient (Wildman–Crippen LogP) is 1.73. The van der Waals surface area contributed by atoms with Crippen LogP contribution in [0.4, 0.5) is 0 Å². The van der Waals surface area contributed by atoms with E-state index in [1.807, 2.05) is 0 Å². The molecule has 4 radical (unpaired) electrons. The van der Waals surface area contributed by atoms with Gasteiger partial charge in [0.05, 0.1) is 0 Å². The Balaban J connectivity index is 0.00000112. The average molecular weight is 370 g/mol. The second-order valence-corrected chi connectivity index (χ2v) is 7.79.